The highest BCUT2D eigenvalue weighted by Crippen LogP contribution is 2.20. The van der Waals surface area contributed by atoms with E-state index in [0.29, 0.717) is 0 Å². The Morgan fingerprint density at radius 3 is 2.29 bits per heavy atom. The molecule has 0 heterocycles. The Bertz CT molecular complexity index is 333. The summed E-state index contributed by atoms with van der Waals surface area (Å²) in [7, 11) is 3.82. The minimum Gasteiger partial charge on any atom is -0.497 e. The Kier molecular flexibility index (Phi) is 4.97. The van der Waals surface area contributed by atoms with Gasteiger partial charge >= 0.3 is 0 Å². The molecule has 0 saturated carbocycles. The van der Waals surface area contributed by atoms with Gasteiger partial charge in [0.25, 0.3) is 0 Å². The molecular weight excluding hydrogens is 212 g/mol. The number of nitrogens with zero attached hydrogens (tertiary/aromatic N) is 1. The molecule has 0 radical (unpaired) electrons. The van der Waals surface area contributed by atoms with Gasteiger partial charge in [0.2, 0.25) is 0 Å². The van der Waals surface area contributed by atoms with Crippen molar-refractivity contribution < 1.29 is 4.74 Å². The van der Waals surface area contributed by atoms with Gasteiger partial charge in [-0.2, -0.15) is 0 Å². The number of methoxy groups -OCH3 is 1. The molecule has 1 aromatic rings. The Morgan fingerprint density at radius 2 is 1.82 bits per heavy atom. The van der Waals surface area contributed by atoms with Crippen molar-refractivity contribution in [3.05, 3.63) is 29.8 Å². The first-order valence-corrected chi connectivity index (χ1v) is 6.04. The van der Waals surface area contributed by atoms with Crippen LogP contribution in [-0.2, 0) is 6.54 Å². The summed E-state index contributed by atoms with van der Waals surface area (Å²) in [5.41, 5.74) is 7.06. The Labute approximate surface area is 105 Å². The molecule has 96 valence electrons. The van der Waals surface area contributed by atoms with Crippen molar-refractivity contribution in [2.75, 3.05) is 20.7 Å². The normalized spacial score (nSPS) is 11.9. The summed E-state index contributed by atoms with van der Waals surface area (Å²) in [4.78, 5) is 2.33. The lowest BCUT2D eigenvalue weighted by Crippen LogP contribution is -2.42. The summed E-state index contributed by atoms with van der Waals surface area (Å²) in [6.45, 7) is 6.10. The van der Waals surface area contributed by atoms with Crippen molar-refractivity contribution in [2.24, 2.45) is 5.73 Å². The number of ether oxygens (including phenoxy) is 1. The Hall–Kier alpha value is -1.06. The highest BCUT2D eigenvalue weighted by molar-refractivity contribution is 5.27. The molecule has 0 bridgehead atoms. The fourth-order valence-electron chi connectivity index (χ4n) is 1.76. The average Bonchev–Trinajstić information content (AvgIpc) is 2.30. The van der Waals surface area contributed by atoms with Crippen LogP contribution in [-0.4, -0.2) is 31.1 Å². The maximum absolute atomic E-state index is 5.64. The number of benzene rings is 1. The molecule has 1 aromatic carbocycles. The molecule has 3 nitrogen and oxygen atoms in total. The van der Waals surface area contributed by atoms with Crippen LogP contribution in [0.2, 0.25) is 0 Å². The van der Waals surface area contributed by atoms with Crippen molar-refractivity contribution in [3.63, 3.8) is 0 Å². The van der Waals surface area contributed by atoms with Crippen LogP contribution >= 0.6 is 0 Å². The molecule has 0 fully saturated rings. The van der Waals surface area contributed by atoms with Crippen LogP contribution in [0.4, 0.5) is 0 Å². The van der Waals surface area contributed by atoms with Gasteiger partial charge in [-0.25, -0.2) is 0 Å². The third kappa shape index (κ3) is 4.02. The zero-order chi connectivity index (χ0) is 12.9. The number of hydrogen-bond donors (Lipinski definition) is 1. The molecule has 0 aliphatic heterocycles. The monoisotopic (exact) mass is 236 g/mol. The van der Waals surface area contributed by atoms with E-state index in [1.54, 1.807) is 7.11 Å². The molecule has 1 rings (SSSR count). The van der Waals surface area contributed by atoms with Crippen LogP contribution in [0.3, 0.4) is 0 Å². The van der Waals surface area contributed by atoms with E-state index in [9.17, 15) is 0 Å². The first-order chi connectivity index (χ1) is 7.99. The molecule has 0 aliphatic rings. The van der Waals surface area contributed by atoms with Gasteiger partial charge < -0.3 is 10.5 Å². The molecule has 0 saturated heterocycles. The van der Waals surface area contributed by atoms with Crippen molar-refractivity contribution in [1.29, 1.82) is 0 Å². The van der Waals surface area contributed by atoms with Gasteiger partial charge in [-0.3, -0.25) is 4.90 Å². The van der Waals surface area contributed by atoms with Gasteiger partial charge in [0.15, 0.2) is 0 Å². The van der Waals surface area contributed by atoms with Crippen LogP contribution in [0, 0.1) is 0 Å². The van der Waals surface area contributed by atoms with E-state index in [4.69, 9.17) is 10.5 Å². The van der Waals surface area contributed by atoms with E-state index in [-0.39, 0.29) is 5.54 Å². The second kappa shape index (κ2) is 6.03. The lowest BCUT2D eigenvalue weighted by atomic mass is 9.98. The quantitative estimate of drug-likeness (QED) is 0.823. The van der Waals surface area contributed by atoms with E-state index in [1.807, 2.05) is 12.1 Å². The fraction of sp³-hybridized carbons (Fsp3) is 0.571. The van der Waals surface area contributed by atoms with Gasteiger partial charge in [0, 0.05) is 12.1 Å². The van der Waals surface area contributed by atoms with Crippen molar-refractivity contribution in [1.82, 2.24) is 4.90 Å². The molecule has 0 unspecified atom stereocenters. The first-order valence-electron chi connectivity index (χ1n) is 6.04. The van der Waals surface area contributed by atoms with Gasteiger partial charge in [-0.15, -0.1) is 0 Å². The zero-order valence-electron chi connectivity index (χ0n) is 11.4. The number of hydrogen-bond acceptors (Lipinski definition) is 3. The minimum atomic E-state index is 0.134. The SMILES string of the molecule is COc1ccc(CN(C)C(C)(C)CCN)cc1. The third-order valence-corrected chi connectivity index (χ3v) is 3.37. The average molecular weight is 236 g/mol. The van der Waals surface area contributed by atoms with E-state index < -0.39 is 0 Å². The molecule has 0 spiro atoms. The summed E-state index contributed by atoms with van der Waals surface area (Å²) >= 11 is 0. The predicted molar refractivity (Wildman–Crippen MR) is 72.2 cm³/mol. The molecule has 0 atom stereocenters. The predicted octanol–water partition coefficient (Wildman–Crippen LogP) is 2.25. The smallest absolute Gasteiger partial charge is 0.118 e. The Morgan fingerprint density at radius 1 is 1.24 bits per heavy atom. The third-order valence-electron chi connectivity index (χ3n) is 3.37. The molecule has 0 aromatic heterocycles. The zero-order valence-corrected chi connectivity index (χ0v) is 11.4. The maximum atomic E-state index is 5.64. The number of rotatable bonds is 6. The maximum Gasteiger partial charge on any atom is 0.118 e. The van der Waals surface area contributed by atoms with Crippen LogP contribution < -0.4 is 10.5 Å². The van der Waals surface area contributed by atoms with Gasteiger partial charge in [0.1, 0.15) is 5.75 Å². The lowest BCUT2D eigenvalue weighted by molar-refractivity contribution is 0.140. The largest absolute Gasteiger partial charge is 0.497 e. The van der Waals surface area contributed by atoms with Crippen molar-refractivity contribution >= 4 is 0 Å². The van der Waals surface area contributed by atoms with E-state index in [1.165, 1.54) is 5.56 Å². The van der Waals surface area contributed by atoms with Crippen LogP contribution in [0.15, 0.2) is 24.3 Å². The highest BCUT2D eigenvalue weighted by atomic mass is 16.5. The molecule has 2 N–H and O–H groups in total. The topological polar surface area (TPSA) is 38.5 Å². The van der Waals surface area contributed by atoms with Crippen LogP contribution in [0.25, 0.3) is 0 Å². The Balaban J connectivity index is 2.63. The second-order valence-corrected chi connectivity index (χ2v) is 5.06. The van der Waals surface area contributed by atoms with Crippen molar-refractivity contribution in [3.8, 4) is 5.75 Å². The van der Waals surface area contributed by atoms with E-state index in [2.05, 4.69) is 37.9 Å². The van der Waals surface area contributed by atoms with Gasteiger partial charge in [-0.1, -0.05) is 12.1 Å². The van der Waals surface area contributed by atoms with Crippen LogP contribution in [0.1, 0.15) is 25.8 Å². The summed E-state index contributed by atoms with van der Waals surface area (Å²) in [5, 5.41) is 0. The standard InChI is InChI=1S/C14H24N2O/c1-14(2,9-10-15)16(3)11-12-5-7-13(17-4)8-6-12/h5-8H,9-11,15H2,1-4H3. The molecule has 3 heteroatoms. The summed E-state index contributed by atoms with van der Waals surface area (Å²) < 4.78 is 5.15. The number of nitrogens with two attached hydrogens (primary N) is 1. The molecule has 17 heavy (non-hydrogen) atoms. The first kappa shape index (κ1) is 14.0. The van der Waals surface area contributed by atoms with Crippen LogP contribution in [0.5, 0.6) is 5.75 Å². The second-order valence-electron chi connectivity index (χ2n) is 5.06. The van der Waals surface area contributed by atoms with Gasteiger partial charge in [-0.05, 0) is 51.6 Å². The summed E-state index contributed by atoms with van der Waals surface area (Å²) in [6, 6.07) is 8.21. The van der Waals surface area contributed by atoms with E-state index in [0.717, 1.165) is 25.3 Å². The van der Waals surface area contributed by atoms with E-state index >= 15 is 0 Å². The molecule has 0 aliphatic carbocycles. The van der Waals surface area contributed by atoms with Gasteiger partial charge in [0.05, 0.1) is 7.11 Å². The molecule has 0 amide bonds. The minimum absolute atomic E-state index is 0.134. The highest BCUT2D eigenvalue weighted by Gasteiger charge is 2.22. The van der Waals surface area contributed by atoms with Crippen molar-refractivity contribution in [2.45, 2.75) is 32.4 Å². The lowest BCUT2D eigenvalue weighted by Gasteiger charge is -2.35. The molecular formula is C14H24N2O. The summed E-state index contributed by atoms with van der Waals surface area (Å²) in [6.07, 6.45) is 1.000. The fourth-order valence-corrected chi connectivity index (χ4v) is 1.76. The summed E-state index contributed by atoms with van der Waals surface area (Å²) in [5.74, 6) is 0.901.